The van der Waals surface area contributed by atoms with E-state index >= 15 is 0 Å². The van der Waals surface area contributed by atoms with Gasteiger partial charge in [-0.15, -0.1) is 0 Å². The normalized spacial score (nSPS) is 10.6. The maximum atomic E-state index is 10.5. The largest absolute Gasteiger partial charge is 0.481 e. The number of nitrogens with one attached hydrogen (secondary N) is 1. The van der Waals surface area contributed by atoms with Crippen molar-refractivity contribution in [2.75, 3.05) is 0 Å². The summed E-state index contributed by atoms with van der Waals surface area (Å²) in [5, 5.41) is 9.65. The van der Waals surface area contributed by atoms with Crippen LogP contribution in [0.3, 0.4) is 0 Å². The summed E-state index contributed by atoms with van der Waals surface area (Å²) in [6, 6.07) is 7.52. The number of H-pyrrole nitrogens is 1. The van der Waals surface area contributed by atoms with Crippen LogP contribution in [0.5, 0.6) is 0 Å². The molecule has 0 aliphatic rings. The first-order chi connectivity index (χ1) is 6.65. The maximum Gasteiger partial charge on any atom is 0.307 e. The SMILES string of the molecule is O=C(O)Cc1ccc2[nH]c(Br)cc2c1. The fraction of sp³-hybridized carbons (Fsp3) is 0.100. The van der Waals surface area contributed by atoms with Gasteiger partial charge in [0.1, 0.15) is 0 Å². The molecular weight excluding hydrogens is 246 g/mol. The van der Waals surface area contributed by atoms with E-state index in [1.807, 2.05) is 24.3 Å². The van der Waals surface area contributed by atoms with Crippen LogP contribution < -0.4 is 0 Å². The third kappa shape index (κ3) is 1.80. The molecule has 1 aromatic heterocycles. The summed E-state index contributed by atoms with van der Waals surface area (Å²) in [5.41, 5.74) is 1.82. The van der Waals surface area contributed by atoms with Gasteiger partial charge in [0.15, 0.2) is 0 Å². The number of carbonyl (C=O) groups is 1. The molecule has 0 aliphatic heterocycles. The van der Waals surface area contributed by atoms with Gasteiger partial charge in [-0.1, -0.05) is 6.07 Å². The molecule has 0 bridgehead atoms. The van der Waals surface area contributed by atoms with Crippen molar-refractivity contribution < 1.29 is 9.90 Å². The first kappa shape index (κ1) is 9.27. The van der Waals surface area contributed by atoms with E-state index in [9.17, 15) is 4.79 Å². The molecule has 0 amide bonds. The van der Waals surface area contributed by atoms with Gasteiger partial charge in [0.2, 0.25) is 0 Å². The number of rotatable bonds is 2. The number of benzene rings is 1. The molecule has 0 aliphatic carbocycles. The number of hydrogen-bond acceptors (Lipinski definition) is 1. The minimum Gasteiger partial charge on any atom is -0.481 e. The lowest BCUT2D eigenvalue weighted by Crippen LogP contribution is -1.99. The summed E-state index contributed by atoms with van der Waals surface area (Å²) < 4.78 is 0.903. The Morgan fingerprint density at radius 2 is 2.21 bits per heavy atom. The number of carboxylic acids is 1. The lowest BCUT2D eigenvalue weighted by atomic mass is 10.1. The van der Waals surface area contributed by atoms with Crippen LogP contribution in [0.1, 0.15) is 5.56 Å². The zero-order valence-corrected chi connectivity index (χ0v) is 8.84. The molecule has 72 valence electrons. The Morgan fingerprint density at radius 3 is 2.93 bits per heavy atom. The van der Waals surface area contributed by atoms with Crippen molar-refractivity contribution in [3.8, 4) is 0 Å². The van der Waals surface area contributed by atoms with Gasteiger partial charge in [0.05, 0.1) is 11.0 Å². The van der Waals surface area contributed by atoms with Crippen LogP contribution in [0.4, 0.5) is 0 Å². The minimum atomic E-state index is -0.807. The highest BCUT2D eigenvalue weighted by molar-refractivity contribution is 9.10. The molecule has 2 rings (SSSR count). The smallest absolute Gasteiger partial charge is 0.307 e. The molecule has 2 aromatic rings. The van der Waals surface area contributed by atoms with Gasteiger partial charge in [-0.25, -0.2) is 0 Å². The Hall–Kier alpha value is -1.29. The average molecular weight is 254 g/mol. The molecule has 14 heavy (non-hydrogen) atoms. The summed E-state index contributed by atoms with van der Waals surface area (Å²) in [7, 11) is 0. The van der Waals surface area contributed by atoms with E-state index in [0.717, 1.165) is 21.1 Å². The van der Waals surface area contributed by atoms with Crippen molar-refractivity contribution in [1.82, 2.24) is 4.98 Å². The van der Waals surface area contributed by atoms with Gasteiger partial charge in [0.25, 0.3) is 0 Å². The Bertz CT molecular complexity index is 490. The maximum absolute atomic E-state index is 10.5. The topological polar surface area (TPSA) is 53.1 Å². The van der Waals surface area contributed by atoms with Crippen LogP contribution >= 0.6 is 15.9 Å². The molecule has 2 N–H and O–H groups in total. The minimum absolute atomic E-state index is 0.0682. The van der Waals surface area contributed by atoms with Gasteiger partial charge in [-0.05, 0) is 39.7 Å². The second kappa shape index (κ2) is 3.46. The summed E-state index contributed by atoms with van der Waals surface area (Å²) in [5.74, 6) is -0.807. The van der Waals surface area contributed by atoms with E-state index in [1.54, 1.807) is 0 Å². The predicted molar refractivity (Wildman–Crippen MR) is 57.3 cm³/mol. The molecule has 0 spiro atoms. The van der Waals surface area contributed by atoms with Gasteiger partial charge in [0, 0.05) is 10.9 Å². The molecule has 0 saturated heterocycles. The van der Waals surface area contributed by atoms with Crippen LogP contribution in [-0.2, 0) is 11.2 Å². The molecule has 0 saturated carbocycles. The number of aliphatic carboxylic acids is 1. The van der Waals surface area contributed by atoms with Crippen molar-refractivity contribution >= 4 is 32.8 Å². The molecule has 4 heteroatoms. The van der Waals surface area contributed by atoms with Crippen LogP contribution in [0.2, 0.25) is 0 Å². The Balaban J connectivity index is 2.45. The quantitative estimate of drug-likeness (QED) is 0.865. The Labute approximate surface area is 88.9 Å². The number of hydrogen-bond donors (Lipinski definition) is 2. The molecule has 0 atom stereocenters. The third-order valence-corrected chi connectivity index (χ3v) is 2.43. The first-order valence-corrected chi connectivity index (χ1v) is 4.93. The summed E-state index contributed by atoms with van der Waals surface area (Å²) in [6.07, 6.45) is 0.0682. The molecule has 0 radical (unpaired) electrons. The van der Waals surface area contributed by atoms with Crippen molar-refractivity contribution in [1.29, 1.82) is 0 Å². The average Bonchev–Trinajstić information content (AvgIpc) is 2.42. The van der Waals surface area contributed by atoms with E-state index in [4.69, 9.17) is 5.11 Å². The van der Waals surface area contributed by atoms with Crippen molar-refractivity contribution in [3.63, 3.8) is 0 Å². The van der Waals surface area contributed by atoms with Crippen molar-refractivity contribution in [2.24, 2.45) is 0 Å². The van der Waals surface area contributed by atoms with Crippen molar-refractivity contribution in [3.05, 3.63) is 34.4 Å². The number of aromatic amines is 1. The lowest BCUT2D eigenvalue weighted by molar-refractivity contribution is -0.136. The summed E-state index contributed by atoms with van der Waals surface area (Å²) in [6.45, 7) is 0. The Kier molecular flexibility index (Phi) is 2.29. The monoisotopic (exact) mass is 253 g/mol. The van der Waals surface area contributed by atoms with E-state index in [2.05, 4.69) is 20.9 Å². The van der Waals surface area contributed by atoms with Crippen LogP contribution in [0.25, 0.3) is 10.9 Å². The first-order valence-electron chi connectivity index (χ1n) is 4.14. The summed E-state index contributed by atoms with van der Waals surface area (Å²) in [4.78, 5) is 13.6. The van der Waals surface area contributed by atoms with Crippen LogP contribution in [0.15, 0.2) is 28.9 Å². The molecule has 0 unspecified atom stereocenters. The standard InChI is InChI=1S/C10H8BrNO2/c11-9-5-7-3-6(4-10(13)14)1-2-8(7)12-9/h1-3,5,12H,4H2,(H,13,14). The second-order valence-corrected chi connectivity index (χ2v) is 3.96. The third-order valence-electron chi connectivity index (χ3n) is 2.01. The van der Waals surface area contributed by atoms with Gasteiger partial charge in [-0.3, -0.25) is 4.79 Å². The van der Waals surface area contributed by atoms with Gasteiger partial charge in [-0.2, -0.15) is 0 Å². The highest BCUT2D eigenvalue weighted by Crippen LogP contribution is 2.20. The number of aromatic nitrogens is 1. The van der Waals surface area contributed by atoms with Crippen LogP contribution in [0, 0.1) is 0 Å². The van der Waals surface area contributed by atoms with Crippen molar-refractivity contribution in [2.45, 2.75) is 6.42 Å². The zero-order valence-electron chi connectivity index (χ0n) is 7.25. The zero-order chi connectivity index (χ0) is 10.1. The molecule has 3 nitrogen and oxygen atoms in total. The van der Waals surface area contributed by atoms with E-state index in [1.165, 1.54) is 0 Å². The number of fused-ring (bicyclic) bond motifs is 1. The van der Waals surface area contributed by atoms with Crippen LogP contribution in [-0.4, -0.2) is 16.1 Å². The molecule has 0 fully saturated rings. The highest BCUT2D eigenvalue weighted by Gasteiger charge is 2.03. The van der Waals surface area contributed by atoms with E-state index < -0.39 is 5.97 Å². The predicted octanol–water partition coefficient (Wildman–Crippen LogP) is 2.56. The second-order valence-electron chi connectivity index (χ2n) is 3.11. The lowest BCUT2D eigenvalue weighted by Gasteiger charge is -1.96. The van der Waals surface area contributed by atoms with E-state index in [0.29, 0.717) is 0 Å². The molecular formula is C10H8BrNO2. The number of halogens is 1. The summed E-state index contributed by atoms with van der Waals surface area (Å²) >= 11 is 3.33. The highest BCUT2D eigenvalue weighted by atomic mass is 79.9. The molecule has 1 heterocycles. The van der Waals surface area contributed by atoms with E-state index in [-0.39, 0.29) is 6.42 Å². The van der Waals surface area contributed by atoms with Gasteiger partial charge < -0.3 is 10.1 Å². The fourth-order valence-electron chi connectivity index (χ4n) is 1.43. The molecule has 1 aromatic carbocycles. The number of carboxylic acid groups (broad SMARTS) is 1. The Morgan fingerprint density at radius 1 is 1.43 bits per heavy atom. The van der Waals surface area contributed by atoms with Gasteiger partial charge >= 0.3 is 5.97 Å². The fourth-order valence-corrected chi connectivity index (χ4v) is 1.89.